The van der Waals surface area contributed by atoms with Crippen LogP contribution in [0.1, 0.15) is 104 Å². The molecule has 0 aromatic carbocycles. The largest absolute Gasteiger partial charge is 0.548 e. The molecule has 0 radical (unpaired) electrons. The molecule has 36 heavy (non-hydrogen) atoms. The fourth-order valence-electron chi connectivity index (χ4n) is 4.41. The van der Waals surface area contributed by atoms with Crippen molar-refractivity contribution >= 4 is 9.76 Å². The first-order valence-corrected chi connectivity index (χ1v) is 16.2. The highest BCUT2D eigenvalue weighted by Crippen LogP contribution is 2.26. The van der Waals surface area contributed by atoms with E-state index in [9.17, 15) is 0 Å². The lowest BCUT2D eigenvalue weighted by atomic mass is 9.88. The van der Waals surface area contributed by atoms with Crippen LogP contribution in [0, 0.1) is 11.8 Å². The molecule has 202 valence electrons. The number of nitrogens with zero attached hydrogens (tertiary/aromatic N) is 3. The van der Waals surface area contributed by atoms with Crippen LogP contribution in [-0.2, 0) is 11.2 Å². The molecule has 2 heterocycles. The number of ether oxygens (including phenoxy) is 1. The number of unbranched alkanes of at least 4 members (excludes halogenated alkanes) is 5. The maximum absolute atomic E-state index is 6.26. The smallest absolute Gasteiger partial charge is 0.219 e. The van der Waals surface area contributed by atoms with Gasteiger partial charge in [0.25, 0.3) is 0 Å². The molecule has 0 aliphatic rings. The monoisotopic (exact) mass is 513 g/mol. The standard InChI is InChI=1S/C30H51N3O2Si/c1-5-7-9-11-22-34-23-12-10-17-27-19-20-28(33-32-27)30-29(18-13-21-31-30)35-36-24-14-16-26(4)25(3)15-8-6-2/h13,18-21,25-26H,5-12,14-17,22-24,36H2,1-4H3. The minimum atomic E-state index is -0.630. The van der Waals surface area contributed by atoms with Gasteiger partial charge in [0, 0.05) is 19.4 Å². The molecule has 0 saturated heterocycles. The van der Waals surface area contributed by atoms with E-state index in [1.165, 1.54) is 63.8 Å². The van der Waals surface area contributed by atoms with Crippen molar-refractivity contribution in [3.8, 4) is 17.1 Å². The second-order valence-electron chi connectivity index (χ2n) is 10.3. The van der Waals surface area contributed by atoms with Crippen molar-refractivity contribution in [2.45, 2.75) is 111 Å². The second-order valence-corrected chi connectivity index (χ2v) is 11.7. The second kappa shape index (κ2) is 19.3. The predicted octanol–water partition coefficient (Wildman–Crippen LogP) is 7.58. The van der Waals surface area contributed by atoms with Crippen molar-refractivity contribution in [3.63, 3.8) is 0 Å². The highest BCUT2D eigenvalue weighted by Gasteiger charge is 2.13. The number of aromatic nitrogens is 3. The highest BCUT2D eigenvalue weighted by molar-refractivity contribution is 6.28. The Labute approximate surface area is 223 Å². The van der Waals surface area contributed by atoms with Gasteiger partial charge in [0.05, 0.1) is 5.69 Å². The van der Waals surface area contributed by atoms with Crippen LogP contribution in [-0.4, -0.2) is 38.2 Å². The van der Waals surface area contributed by atoms with E-state index in [2.05, 4.69) is 48.9 Å². The number of hydrogen-bond donors (Lipinski definition) is 0. The van der Waals surface area contributed by atoms with Gasteiger partial charge in [-0.1, -0.05) is 79.1 Å². The van der Waals surface area contributed by atoms with E-state index >= 15 is 0 Å². The van der Waals surface area contributed by atoms with Crippen molar-refractivity contribution in [3.05, 3.63) is 36.2 Å². The first-order valence-electron chi connectivity index (χ1n) is 14.6. The third kappa shape index (κ3) is 12.4. The summed E-state index contributed by atoms with van der Waals surface area (Å²) in [4.78, 5) is 4.56. The third-order valence-electron chi connectivity index (χ3n) is 7.14. The molecule has 0 amide bonds. The summed E-state index contributed by atoms with van der Waals surface area (Å²) in [5.41, 5.74) is 2.62. The minimum absolute atomic E-state index is 0.630. The van der Waals surface area contributed by atoms with Gasteiger partial charge in [0.1, 0.15) is 17.1 Å². The Morgan fingerprint density at radius 1 is 0.806 bits per heavy atom. The first-order chi connectivity index (χ1) is 17.7. The van der Waals surface area contributed by atoms with Crippen LogP contribution in [0.25, 0.3) is 11.4 Å². The molecular weight excluding hydrogens is 462 g/mol. The predicted molar refractivity (Wildman–Crippen MR) is 154 cm³/mol. The SMILES string of the molecule is CCCCCCOCCCCc1ccc(-c2ncccc2O[SiH2]CCCC(C)C(C)CCCC)nn1. The molecule has 2 rings (SSSR count). The summed E-state index contributed by atoms with van der Waals surface area (Å²) in [6.45, 7) is 11.1. The van der Waals surface area contributed by atoms with E-state index in [0.29, 0.717) is 0 Å². The summed E-state index contributed by atoms with van der Waals surface area (Å²) >= 11 is 0. The molecular formula is C30H51N3O2Si. The van der Waals surface area contributed by atoms with Crippen molar-refractivity contribution in [1.29, 1.82) is 0 Å². The maximum atomic E-state index is 6.26. The van der Waals surface area contributed by atoms with Crippen LogP contribution in [0.2, 0.25) is 6.04 Å². The minimum Gasteiger partial charge on any atom is -0.548 e. The van der Waals surface area contributed by atoms with Gasteiger partial charge in [-0.2, -0.15) is 5.10 Å². The van der Waals surface area contributed by atoms with E-state index in [-0.39, 0.29) is 0 Å². The van der Waals surface area contributed by atoms with Crippen molar-refractivity contribution in [1.82, 2.24) is 15.2 Å². The molecule has 0 fully saturated rings. The number of hydrogen-bond acceptors (Lipinski definition) is 5. The summed E-state index contributed by atoms with van der Waals surface area (Å²) < 4.78 is 12.0. The Kier molecular flexibility index (Phi) is 16.3. The maximum Gasteiger partial charge on any atom is 0.219 e. The normalized spacial score (nSPS) is 13.3. The average molecular weight is 514 g/mol. The fraction of sp³-hybridized carbons (Fsp3) is 0.700. The number of pyridine rings is 1. The molecule has 0 spiro atoms. The Bertz CT molecular complexity index is 803. The van der Waals surface area contributed by atoms with Crippen LogP contribution >= 0.6 is 0 Å². The van der Waals surface area contributed by atoms with Crippen molar-refractivity contribution in [2.75, 3.05) is 13.2 Å². The molecule has 2 atom stereocenters. The van der Waals surface area contributed by atoms with Gasteiger partial charge in [-0.05, 0) is 67.8 Å². The van der Waals surface area contributed by atoms with Crippen LogP contribution in [0.5, 0.6) is 5.75 Å². The molecule has 2 aromatic rings. The van der Waals surface area contributed by atoms with Crippen LogP contribution in [0.15, 0.2) is 30.5 Å². The topological polar surface area (TPSA) is 57.1 Å². The molecule has 2 unspecified atom stereocenters. The zero-order valence-electron chi connectivity index (χ0n) is 23.5. The van der Waals surface area contributed by atoms with Crippen molar-refractivity contribution in [2.24, 2.45) is 11.8 Å². The van der Waals surface area contributed by atoms with Gasteiger partial charge in [-0.15, -0.1) is 5.10 Å². The Morgan fingerprint density at radius 2 is 1.56 bits per heavy atom. The van der Waals surface area contributed by atoms with Gasteiger partial charge >= 0.3 is 0 Å². The lowest BCUT2D eigenvalue weighted by molar-refractivity contribution is 0.126. The molecule has 2 aromatic heterocycles. The highest BCUT2D eigenvalue weighted by atomic mass is 28.2. The first kappa shape index (κ1) is 30.4. The molecule has 5 nitrogen and oxygen atoms in total. The van der Waals surface area contributed by atoms with Gasteiger partial charge in [0.2, 0.25) is 9.76 Å². The van der Waals surface area contributed by atoms with Crippen molar-refractivity contribution < 1.29 is 9.16 Å². The van der Waals surface area contributed by atoms with E-state index in [0.717, 1.165) is 67.1 Å². The summed E-state index contributed by atoms with van der Waals surface area (Å²) in [5.74, 6) is 2.48. The molecule has 0 bridgehead atoms. The van der Waals surface area contributed by atoms with Gasteiger partial charge in [-0.3, -0.25) is 4.98 Å². The quantitative estimate of drug-likeness (QED) is 0.127. The van der Waals surface area contributed by atoms with Crippen LogP contribution in [0.3, 0.4) is 0 Å². The summed E-state index contributed by atoms with van der Waals surface area (Å²) in [6, 6.07) is 9.26. The Balaban J connectivity index is 1.70. The third-order valence-corrected chi connectivity index (χ3v) is 8.45. The molecule has 0 saturated carbocycles. The summed E-state index contributed by atoms with van der Waals surface area (Å²) in [7, 11) is -0.630. The van der Waals surface area contributed by atoms with E-state index in [1.807, 2.05) is 18.2 Å². The van der Waals surface area contributed by atoms with Crippen LogP contribution < -0.4 is 4.43 Å². The zero-order valence-corrected chi connectivity index (χ0v) is 24.9. The van der Waals surface area contributed by atoms with Gasteiger partial charge in [0.15, 0.2) is 0 Å². The van der Waals surface area contributed by atoms with E-state index < -0.39 is 9.76 Å². The fourth-order valence-corrected chi connectivity index (χ4v) is 5.50. The number of aryl methyl sites for hydroxylation is 1. The molecule has 6 heteroatoms. The van der Waals surface area contributed by atoms with Gasteiger partial charge in [-0.25, -0.2) is 0 Å². The lowest BCUT2D eigenvalue weighted by Gasteiger charge is -2.19. The van der Waals surface area contributed by atoms with Gasteiger partial charge < -0.3 is 9.16 Å². The lowest BCUT2D eigenvalue weighted by Crippen LogP contribution is -2.09. The zero-order chi connectivity index (χ0) is 25.8. The molecule has 0 N–H and O–H groups in total. The van der Waals surface area contributed by atoms with E-state index in [1.54, 1.807) is 6.20 Å². The number of rotatable bonds is 21. The molecule has 0 aliphatic heterocycles. The Hall–Kier alpha value is -1.79. The Morgan fingerprint density at radius 3 is 2.28 bits per heavy atom. The average Bonchev–Trinajstić information content (AvgIpc) is 2.91. The summed E-state index contributed by atoms with van der Waals surface area (Å²) in [5, 5.41) is 8.93. The van der Waals surface area contributed by atoms with E-state index in [4.69, 9.17) is 9.16 Å². The van der Waals surface area contributed by atoms with Crippen LogP contribution in [0.4, 0.5) is 0 Å². The molecule has 0 aliphatic carbocycles. The summed E-state index contributed by atoms with van der Waals surface area (Å²) in [6.07, 6.45) is 16.5.